The van der Waals surface area contributed by atoms with Gasteiger partial charge in [-0.3, -0.25) is 0 Å². The smallest absolute Gasteiger partial charge is 0.182 e. The van der Waals surface area contributed by atoms with Crippen LogP contribution >= 0.6 is 0 Å². The summed E-state index contributed by atoms with van der Waals surface area (Å²) >= 11 is 0. The molecule has 6 heteroatoms. The van der Waals surface area contributed by atoms with Gasteiger partial charge in [-0.15, -0.1) is 5.10 Å². The average molecular weight is 373 g/mol. The monoisotopic (exact) mass is 373 g/mol. The highest BCUT2D eigenvalue weighted by molar-refractivity contribution is 5.76. The number of hydrogen-bond donors (Lipinski definition) is 2. The molecule has 0 aliphatic heterocycles. The van der Waals surface area contributed by atoms with Gasteiger partial charge in [-0.25, -0.2) is 9.97 Å². The van der Waals surface area contributed by atoms with Crippen LogP contribution in [0.3, 0.4) is 0 Å². The fourth-order valence-corrected chi connectivity index (χ4v) is 3.40. The summed E-state index contributed by atoms with van der Waals surface area (Å²) in [7, 11) is 0. The third kappa shape index (κ3) is 3.52. The number of nitrogens with zero attached hydrogens (tertiary/aromatic N) is 4. The second kappa shape index (κ2) is 7.88. The molecule has 0 fully saturated rings. The van der Waals surface area contributed by atoms with E-state index in [4.69, 9.17) is 15.2 Å². The number of aromatic nitrogens is 4. The van der Waals surface area contributed by atoms with E-state index in [-0.39, 0.29) is 6.61 Å². The lowest BCUT2D eigenvalue weighted by Crippen LogP contribution is -2.18. The Hall–Kier alpha value is -3.09. The third-order valence-electron chi connectivity index (χ3n) is 4.79. The Bertz CT molecular complexity index is 1100. The van der Waals surface area contributed by atoms with Crippen molar-refractivity contribution in [2.75, 3.05) is 13.2 Å². The molecule has 0 saturated carbocycles. The van der Waals surface area contributed by atoms with Crippen LogP contribution in [0.15, 0.2) is 54.6 Å². The predicted molar refractivity (Wildman–Crippen MR) is 110 cm³/mol. The molecule has 0 spiro atoms. The summed E-state index contributed by atoms with van der Waals surface area (Å²) in [4.78, 5) is 9.35. The summed E-state index contributed by atoms with van der Waals surface area (Å²) in [5.41, 5.74) is 6.19. The highest BCUT2D eigenvalue weighted by atomic mass is 16.3. The largest absolute Gasteiger partial charge is 0.395 e. The fourth-order valence-electron chi connectivity index (χ4n) is 3.40. The quantitative estimate of drug-likeness (QED) is 0.508. The lowest BCUT2D eigenvalue weighted by molar-refractivity contribution is 0.291. The second-order valence-corrected chi connectivity index (χ2v) is 6.74. The minimum absolute atomic E-state index is 0.105. The lowest BCUT2D eigenvalue weighted by atomic mass is 9.96. The van der Waals surface area contributed by atoms with Crippen molar-refractivity contribution in [3.05, 3.63) is 71.7 Å². The maximum absolute atomic E-state index is 8.92. The van der Waals surface area contributed by atoms with E-state index >= 15 is 0 Å². The van der Waals surface area contributed by atoms with Crippen molar-refractivity contribution in [2.45, 2.75) is 20.4 Å². The van der Waals surface area contributed by atoms with Gasteiger partial charge >= 0.3 is 0 Å². The van der Waals surface area contributed by atoms with Gasteiger partial charge in [-0.05, 0) is 30.5 Å². The van der Waals surface area contributed by atoms with Crippen LogP contribution in [0.25, 0.3) is 28.2 Å². The molecule has 4 rings (SSSR count). The standard InChI is InChI=1S/C22H23N5O/c1-15-19(17-7-4-3-5-8-17)9-6-10-20(15)22-25-21-13-18(14-23-11-12-28)24-16(2)27(21)26-22/h3-10,13,23,28H,11-12,14H2,1-2H3. The van der Waals surface area contributed by atoms with Crippen LogP contribution in [-0.4, -0.2) is 37.8 Å². The topological polar surface area (TPSA) is 75.3 Å². The van der Waals surface area contributed by atoms with Gasteiger partial charge in [0, 0.05) is 24.7 Å². The van der Waals surface area contributed by atoms with Gasteiger partial charge in [0.15, 0.2) is 11.5 Å². The molecule has 0 radical (unpaired) electrons. The molecule has 2 aromatic heterocycles. The summed E-state index contributed by atoms with van der Waals surface area (Å²) in [6, 6.07) is 18.5. The van der Waals surface area contributed by atoms with E-state index in [1.165, 1.54) is 11.1 Å². The summed E-state index contributed by atoms with van der Waals surface area (Å²) < 4.78 is 1.78. The molecule has 0 atom stereocenters. The molecular formula is C22H23N5O. The molecule has 0 bridgehead atoms. The molecule has 0 saturated heterocycles. The van der Waals surface area contributed by atoms with Gasteiger partial charge < -0.3 is 10.4 Å². The van der Waals surface area contributed by atoms with E-state index < -0.39 is 0 Å². The molecule has 142 valence electrons. The van der Waals surface area contributed by atoms with Gasteiger partial charge in [0.1, 0.15) is 5.82 Å². The highest BCUT2D eigenvalue weighted by Gasteiger charge is 2.14. The van der Waals surface area contributed by atoms with Gasteiger partial charge in [-0.1, -0.05) is 48.5 Å². The van der Waals surface area contributed by atoms with Crippen LogP contribution in [0.2, 0.25) is 0 Å². The Labute approximate surface area is 163 Å². The first kappa shape index (κ1) is 18.3. The minimum atomic E-state index is 0.105. The molecule has 28 heavy (non-hydrogen) atoms. The van der Waals surface area contributed by atoms with Crippen molar-refractivity contribution in [1.29, 1.82) is 0 Å². The Morgan fingerprint density at radius 3 is 2.54 bits per heavy atom. The van der Waals surface area contributed by atoms with Crippen LogP contribution in [0, 0.1) is 13.8 Å². The zero-order valence-electron chi connectivity index (χ0n) is 16.1. The van der Waals surface area contributed by atoms with Crippen molar-refractivity contribution in [3.63, 3.8) is 0 Å². The number of aryl methyl sites for hydroxylation is 1. The molecule has 4 aromatic rings. The van der Waals surface area contributed by atoms with Crippen LogP contribution in [0.5, 0.6) is 0 Å². The van der Waals surface area contributed by atoms with Crippen molar-refractivity contribution in [2.24, 2.45) is 0 Å². The average Bonchev–Trinajstić information content (AvgIpc) is 3.13. The Balaban J connectivity index is 1.74. The zero-order valence-corrected chi connectivity index (χ0v) is 16.1. The number of hydrogen-bond acceptors (Lipinski definition) is 5. The van der Waals surface area contributed by atoms with E-state index in [9.17, 15) is 0 Å². The van der Waals surface area contributed by atoms with Crippen molar-refractivity contribution in [3.8, 4) is 22.5 Å². The first-order chi connectivity index (χ1) is 13.7. The first-order valence-electron chi connectivity index (χ1n) is 9.37. The maximum Gasteiger partial charge on any atom is 0.182 e. The summed E-state index contributed by atoms with van der Waals surface area (Å²) in [6.07, 6.45) is 0. The number of nitrogens with one attached hydrogen (secondary N) is 1. The third-order valence-corrected chi connectivity index (χ3v) is 4.79. The molecule has 0 aliphatic rings. The van der Waals surface area contributed by atoms with E-state index in [1.807, 2.05) is 37.3 Å². The van der Waals surface area contributed by atoms with Crippen LogP contribution in [0.4, 0.5) is 0 Å². The van der Waals surface area contributed by atoms with E-state index in [1.54, 1.807) is 4.52 Å². The van der Waals surface area contributed by atoms with Crippen molar-refractivity contribution in [1.82, 2.24) is 24.9 Å². The molecular weight excluding hydrogens is 350 g/mol. The number of aliphatic hydroxyl groups is 1. The molecule has 2 aromatic carbocycles. The summed E-state index contributed by atoms with van der Waals surface area (Å²) in [5, 5.41) is 16.8. The normalized spacial score (nSPS) is 11.2. The van der Waals surface area contributed by atoms with E-state index in [0.29, 0.717) is 18.9 Å². The minimum Gasteiger partial charge on any atom is -0.395 e. The second-order valence-electron chi connectivity index (χ2n) is 6.74. The van der Waals surface area contributed by atoms with Crippen LogP contribution in [0.1, 0.15) is 17.1 Å². The number of aliphatic hydroxyl groups excluding tert-OH is 1. The Morgan fingerprint density at radius 2 is 1.75 bits per heavy atom. The number of fused-ring (bicyclic) bond motifs is 1. The zero-order chi connectivity index (χ0) is 19.5. The van der Waals surface area contributed by atoms with Gasteiger partial charge in [-0.2, -0.15) is 4.52 Å². The van der Waals surface area contributed by atoms with E-state index in [0.717, 1.165) is 28.3 Å². The molecule has 0 amide bonds. The van der Waals surface area contributed by atoms with Gasteiger partial charge in [0.25, 0.3) is 0 Å². The number of rotatable bonds is 6. The molecule has 6 nitrogen and oxygen atoms in total. The Kier molecular flexibility index (Phi) is 5.14. The SMILES string of the molecule is Cc1c(-c2ccccc2)cccc1-c1nc2cc(CNCCO)nc(C)n2n1. The van der Waals surface area contributed by atoms with Crippen molar-refractivity contribution >= 4 is 5.65 Å². The predicted octanol–water partition coefficient (Wildman–Crippen LogP) is 3.16. The highest BCUT2D eigenvalue weighted by Crippen LogP contribution is 2.30. The maximum atomic E-state index is 8.92. The Morgan fingerprint density at radius 1 is 0.964 bits per heavy atom. The van der Waals surface area contributed by atoms with Gasteiger partial charge in [0.05, 0.1) is 12.3 Å². The fraction of sp³-hybridized carbons (Fsp3) is 0.227. The van der Waals surface area contributed by atoms with E-state index in [2.05, 4.69) is 41.5 Å². The summed E-state index contributed by atoms with van der Waals surface area (Å²) in [5.74, 6) is 1.48. The van der Waals surface area contributed by atoms with Crippen LogP contribution < -0.4 is 5.32 Å². The first-order valence-corrected chi connectivity index (χ1v) is 9.37. The summed E-state index contributed by atoms with van der Waals surface area (Å²) in [6.45, 7) is 5.26. The van der Waals surface area contributed by atoms with Gasteiger partial charge in [0.2, 0.25) is 0 Å². The molecule has 2 N–H and O–H groups in total. The van der Waals surface area contributed by atoms with Crippen molar-refractivity contribution < 1.29 is 5.11 Å². The van der Waals surface area contributed by atoms with Crippen LogP contribution in [-0.2, 0) is 6.54 Å². The molecule has 0 aliphatic carbocycles. The number of benzene rings is 2. The lowest BCUT2D eigenvalue weighted by Gasteiger charge is -2.09. The molecule has 2 heterocycles. The molecule has 0 unspecified atom stereocenters.